The van der Waals surface area contributed by atoms with Crippen molar-refractivity contribution in [2.75, 3.05) is 27.3 Å². The Hall–Kier alpha value is -3.42. The number of benzene rings is 1. The highest BCUT2D eigenvalue weighted by Crippen LogP contribution is 2.22. The Balaban J connectivity index is 1.44. The molecule has 0 bridgehead atoms. The topological polar surface area (TPSA) is 97.8 Å². The van der Waals surface area contributed by atoms with Crippen molar-refractivity contribution in [3.05, 3.63) is 59.9 Å². The van der Waals surface area contributed by atoms with Gasteiger partial charge in [0.25, 0.3) is 0 Å². The van der Waals surface area contributed by atoms with Gasteiger partial charge < -0.3 is 19.7 Å². The highest BCUT2D eigenvalue weighted by Gasteiger charge is 2.27. The third-order valence-electron chi connectivity index (χ3n) is 6.24. The van der Waals surface area contributed by atoms with Crippen LogP contribution in [0, 0.1) is 5.92 Å². The van der Waals surface area contributed by atoms with Crippen LogP contribution in [-0.2, 0) is 32.0 Å². The molecule has 1 saturated heterocycles. The summed E-state index contributed by atoms with van der Waals surface area (Å²) < 4.78 is 10.0. The number of carbonyl (C=O) groups is 3. The van der Waals surface area contributed by atoms with Gasteiger partial charge in [0, 0.05) is 44.7 Å². The van der Waals surface area contributed by atoms with E-state index < -0.39 is 12.0 Å². The highest BCUT2D eigenvalue weighted by atomic mass is 16.5. The Labute approximate surface area is 200 Å². The average Bonchev–Trinajstić information content (AvgIpc) is 2.87. The predicted octanol–water partition coefficient (Wildman–Crippen LogP) is 2.55. The van der Waals surface area contributed by atoms with Crippen LogP contribution in [0.25, 0.3) is 0 Å². The molecular weight excluding hydrogens is 434 g/mol. The Kier molecular flexibility index (Phi) is 9.43. The van der Waals surface area contributed by atoms with Crippen molar-refractivity contribution < 1.29 is 23.9 Å². The zero-order valence-corrected chi connectivity index (χ0v) is 19.9. The molecule has 182 valence electrons. The van der Waals surface area contributed by atoms with Gasteiger partial charge in [-0.15, -0.1) is 0 Å². The maximum Gasteiger partial charge on any atom is 0.328 e. The number of esters is 1. The fourth-order valence-corrected chi connectivity index (χ4v) is 4.19. The molecule has 3 rings (SSSR count). The van der Waals surface area contributed by atoms with E-state index in [4.69, 9.17) is 9.47 Å². The van der Waals surface area contributed by atoms with Crippen molar-refractivity contribution in [1.29, 1.82) is 0 Å². The number of carbonyl (C=O) groups excluding carboxylic acids is 3. The van der Waals surface area contributed by atoms with E-state index in [9.17, 15) is 14.4 Å². The van der Waals surface area contributed by atoms with Crippen LogP contribution in [0.4, 0.5) is 0 Å². The number of hydrogen-bond acceptors (Lipinski definition) is 6. The Bertz CT molecular complexity index is 941. The number of rotatable bonds is 10. The molecule has 1 atom stereocenters. The van der Waals surface area contributed by atoms with Crippen LogP contribution in [0.5, 0.6) is 5.75 Å². The number of hydrogen-bond donors (Lipinski definition) is 1. The molecule has 1 aliphatic heterocycles. The molecule has 1 fully saturated rings. The molecule has 0 saturated carbocycles. The molecule has 0 radical (unpaired) electrons. The number of likely N-dealkylation sites (tertiary alicyclic amines) is 1. The third kappa shape index (κ3) is 7.57. The molecular formula is C26H33N3O5. The number of pyridine rings is 1. The number of piperidine rings is 1. The quantitative estimate of drug-likeness (QED) is 0.540. The average molecular weight is 468 g/mol. The minimum absolute atomic E-state index is 0.143. The van der Waals surface area contributed by atoms with Gasteiger partial charge in [0.2, 0.25) is 11.8 Å². The van der Waals surface area contributed by atoms with Crippen molar-refractivity contribution in [2.45, 2.75) is 44.6 Å². The number of aryl methyl sites for hydroxylation is 1. The smallest absolute Gasteiger partial charge is 0.328 e. The first-order valence-electron chi connectivity index (χ1n) is 11.6. The Morgan fingerprint density at radius 3 is 2.32 bits per heavy atom. The molecule has 0 aliphatic carbocycles. The fourth-order valence-electron chi connectivity index (χ4n) is 4.19. The van der Waals surface area contributed by atoms with Gasteiger partial charge in [-0.25, -0.2) is 4.79 Å². The van der Waals surface area contributed by atoms with Crippen molar-refractivity contribution in [1.82, 2.24) is 15.2 Å². The van der Waals surface area contributed by atoms with Crippen LogP contribution in [0.3, 0.4) is 0 Å². The van der Waals surface area contributed by atoms with E-state index in [1.807, 2.05) is 41.3 Å². The minimum Gasteiger partial charge on any atom is -0.497 e. The minimum atomic E-state index is -0.749. The second-order valence-electron chi connectivity index (χ2n) is 8.58. The second kappa shape index (κ2) is 12.7. The summed E-state index contributed by atoms with van der Waals surface area (Å²) in [4.78, 5) is 43.3. The van der Waals surface area contributed by atoms with Crippen LogP contribution in [0.15, 0.2) is 48.8 Å². The lowest BCUT2D eigenvalue weighted by Gasteiger charge is -2.32. The van der Waals surface area contributed by atoms with Crippen molar-refractivity contribution in [3.8, 4) is 5.75 Å². The molecule has 2 heterocycles. The fraction of sp³-hybridized carbons (Fsp3) is 0.462. The number of aromatic nitrogens is 1. The van der Waals surface area contributed by atoms with E-state index in [2.05, 4.69) is 10.3 Å². The summed E-state index contributed by atoms with van der Waals surface area (Å²) in [5.41, 5.74) is 2.00. The first-order chi connectivity index (χ1) is 16.5. The molecule has 0 spiro atoms. The maximum absolute atomic E-state index is 12.7. The Morgan fingerprint density at radius 2 is 1.71 bits per heavy atom. The lowest BCUT2D eigenvalue weighted by atomic mass is 9.92. The maximum atomic E-state index is 12.7. The molecule has 8 nitrogen and oxygen atoms in total. The molecule has 1 aromatic carbocycles. The molecule has 34 heavy (non-hydrogen) atoms. The summed E-state index contributed by atoms with van der Waals surface area (Å²) in [5.74, 6) is 0.406. The third-order valence-corrected chi connectivity index (χ3v) is 6.24. The molecule has 2 amide bonds. The van der Waals surface area contributed by atoms with Crippen LogP contribution in [0.2, 0.25) is 0 Å². The monoisotopic (exact) mass is 467 g/mol. The lowest BCUT2D eigenvalue weighted by molar-refractivity contribution is -0.145. The van der Waals surface area contributed by atoms with E-state index in [1.54, 1.807) is 19.5 Å². The summed E-state index contributed by atoms with van der Waals surface area (Å²) in [7, 11) is 2.91. The summed E-state index contributed by atoms with van der Waals surface area (Å²) in [6.07, 6.45) is 6.86. The normalized spacial score (nSPS) is 14.8. The van der Waals surface area contributed by atoms with Gasteiger partial charge in [-0.05, 0) is 60.6 Å². The van der Waals surface area contributed by atoms with Gasteiger partial charge in [-0.1, -0.05) is 12.1 Å². The van der Waals surface area contributed by atoms with Crippen LogP contribution >= 0.6 is 0 Å². The summed E-state index contributed by atoms with van der Waals surface area (Å²) in [5, 5.41) is 2.83. The Morgan fingerprint density at radius 1 is 1.03 bits per heavy atom. The molecule has 1 N–H and O–H groups in total. The first kappa shape index (κ1) is 25.2. The number of ether oxygens (including phenoxy) is 2. The van der Waals surface area contributed by atoms with E-state index in [1.165, 1.54) is 7.11 Å². The van der Waals surface area contributed by atoms with Gasteiger partial charge in [0.05, 0.1) is 14.2 Å². The number of nitrogens with zero attached hydrogens (tertiary/aromatic N) is 2. The van der Waals surface area contributed by atoms with E-state index in [-0.39, 0.29) is 17.7 Å². The van der Waals surface area contributed by atoms with Gasteiger partial charge >= 0.3 is 5.97 Å². The van der Waals surface area contributed by atoms with E-state index in [0.717, 1.165) is 29.7 Å². The molecule has 1 aromatic heterocycles. The van der Waals surface area contributed by atoms with Crippen LogP contribution in [0.1, 0.15) is 36.8 Å². The lowest BCUT2D eigenvalue weighted by Crippen LogP contribution is -2.44. The SMILES string of the molecule is COC(=O)[C@H](Cc1ccc(OC)cc1)NC(=O)CC1CCN(C(=O)CCc2ccncc2)CC1. The van der Waals surface area contributed by atoms with Gasteiger partial charge in [0.1, 0.15) is 11.8 Å². The van der Waals surface area contributed by atoms with Gasteiger partial charge in [-0.3, -0.25) is 14.6 Å². The first-order valence-corrected chi connectivity index (χ1v) is 11.6. The summed E-state index contributed by atoms with van der Waals surface area (Å²) >= 11 is 0. The highest BCUT2D eigenvalue weighted by molar-refractivity contribution is 5.84. The summed E-state index contributed by atoms with van der Waals surface area (Å²) in [6.45, 7) is 1.30. The molecule has 1 aliphatic rings. The van der Waals surface area contributed by atoms with Crippen molar-refractivity contribution in [3.63, 3.8) is 0 Å². The van der Waals surface area contributed by atoms with Crippen LogP contribution < -0.4 is 10.1 Å². The van der Waals surface area contributed by atoms with Crippen molar-refractivity contribution >= 4 is 17.8 Å². The standard InChI is InChI=1S/C26H33N3O5/c1-33-22-6-3-20(4-7-22)17-23(26(32)34-2)28-24(30)18-21-11-15-29(16-12-21)25(31)8-5-19-9-13-27-14-10-19/h3-4,6-7,9-10,13-14,21,23H,5,8,11-12,15-18H2,1-2H3,(H,28,30)/t23-/m0/s1. The van der Waals surface area contributed by atoms with Gasteiger partial charge in [-0.2, -0.15) is 0 Å². The zero-order chi connectivity index (χ0) is 24.3. The second-order valence-corrected chi connectivity index (χ2v) is 8.58. The zero-order valence-electron chi connectivity index (χ0n) is 19.9. The van der Waals surface area contributed by atoms with E-state index in [0.29, 0.717) is 38.8 Å². The number of nitrogens with one attached hydrogen (secondary N) is 1. The van der Waals surface area contributed by atoms with Gasteiger partial charge in [0.15, 0.2) is 0 Å². The van der Waals surface area contributed by atoms with Crippen molar-refractivity contribution in [2.24, 2.45) is 5.92 Å². The molecule has 2 aromatic rings. The molecule has 8 heteroatoms. The van der Waals surface area contributed by atoms with E-state index >= 15 is 0 Å². The number of amides is 2. The predicted molar refractivity (Wildman–Crippen MR) is 127 cm³/mol. The number of methoxy groups -OCH3 is 2. The molecule has 0 unspecified atom stereocenters. The van der Waals surface area contributed by atoms with Crippen LogP contribution in [-0.4, -0.2) is 61.0 Å². The largest absolute Gasteiger partial charge is 0.497 e. The summed E-state index contributed by atoms with van der Waals surface area (Å²) in [6, 6.07) is 10.5.